The maximum Gasteiger partial charge on any atom is 0.326 e. The van der Waals surface area contributed by atoms with Gasteiger partial charge in [0.2, 0.25) is 0 Å². The van der Waals surface area contributed by atoms with Gasteiger partial charge >= 0.3 is 5.69 Å². The molecular weight excluding hydrogens is 416 g/mol. The fourth-order valence-corrected chi connectivity index (χ4v) is 5.30. The maximum absolute atomic E-state index is 13.0. The van der Waals surface area contributed by atoms with E-state index in [1.807, 2.05) is 16.8 Å². The number of nitrogens with one attached hydrogen (secondary N) is 2. The molecule has 5 rings (SSSR count). The highest BCUT2D eigenvalue weighted by Crippen LogP contribution is 2.34. The van der Waals surface area contributed by atoms with Crippen molar-refractivity contribution in [3.8, 4) is 16.9 Å². The number of nitrogens with zero attached hydrogens (tertiary/aromatic N) is 4. The van der Waals surface area contributed by atoms with Gasteiger partial charge < -0.3 is 15.0 Å². The molecule has 8 nitrogen and oxygen atoms in total. The van der Waals surface area contributed by atoms with Crippen LogP contribution in [0, 0.1) is 0 Å². The van der Waals surface area contributed by atoms with E-state index in [1.165, 1.54) is 11.9 Å². The molecule has 2 N–H and O–H groups in total. The van der Waals surface area contributed by atoms with E-state index in [0.717, 1.165) is 54.3 Å². The Bertz CT molecular complexity index is 1340. The Kier molecular flexibility index (Phi) is 5.70. The second kappa shape index (κ2) is 8.67. The van der Waals surface area contributed by atoms with Crippen molar-refractivity contribution in [1.82, 2.24) is 29.5 Å². The number of ether oxygens (including phenoxy) is 1. The first-order chi connectivity index (χ1) is 16.0. The third kappa shape index (κ3) is 3.93. The number of aromatic amines is 1. The van der Waals surface area contributed by atoms with Crippen molar-refractivity contribution in [2.75, 3.05) is 7.11 Å². The summed E-state index contributed by atoms with van der Waals surface area (Å²) >= 11 is 0. The van der Waals surface area contributed by atoms with Gasteiger partial charge in [-0.05, 0) is 61.4 Å². The number of hydrogen-bond acceptors (Lipinski definition) is 5. The quantitative estimate of drug-likeness (QED) is 0.464. The Hall–Kier alpha value is -3.13. The summed E-state index contributed by atoms with van der Waals surface area (Å²) in [5.41, 5.74) is 5.77. The summed E-state index contributed by atoms with van der Waals surface area (Å²) in [5, 5.41) is 7.94. The molecule has 0 radical (unpaired) electrons. The van der Waals surface area contributed by atoms with Crippen molar-refractivity contribution in [2.24, 2.45) is 0 Å². The summed E-state index contributed by atoms with van der Waals surface area (Å²) in [7, 11) is 1.64. The largest absolute Gasteiger partial charge is 0.493 e. The van der Waals surface area contributed by atoms with E-state index in [4.69, 9.17) is 4.74 Å². The van der Waals surface area contributed by atoms with Gasteiger partial charge in [-0.25, -0.2) is 14.3 Å². The molecule has 3 aromatic heterocycles. The predicted molar refractivity (Wildman–Crippen MR) is 130 cm³/mol. The van der Waals surface area contributed by atoms with Gasteiger partial charge in [-0.1, -0.05) is 20.8 Å². The topological polar surface area (TPSA) is 89.2 Å². The Morgan fingerprint density at radius 2 is 2.00 bits per heavy atom. The van der Waals surface area contributed by atoms with Crippen LogP contribution in [0.5, 0.6) is 5.75 Å². The molecule has 1 aliphatic rings. The predicted octanol–water partition coefficient (Wildman–Crippen LogP) is 4.09. The van der Waals surface area contributed by atoms with Crippen LogP contribution in [-0.2, 0) is 6.42 Å². The number of aromatic nitrogens is 5. The molecule has 33 heavy (non-hydrogen) atoms. The number of benzene rings is 1. The van der Waals surface area contributed by atoms with Crippen LogP contribution in [0.1, 0.15) is 58.1 Å². The number of fused-ring (bicyclic) bond motifs is 2. The fraction of sp³-hybridized carbons (Fsp3) is 0.480. The SMILES string of the molecule is CCc1cc2c(cc1-c1cc(OC)c3ncnn3c1)[nH]c(=O)n2[C@H]1CC[C@@H](NC(C)C)CC1. The molecule has 1 fully saturated rings. The Balaban J connectivity index is 1.55. The summed E-state index contributed by atoms with van der Waals surface area (Å²) < 4.78 is 9.28. The summed E-state index contributed by atoms with van der Waals surface area (Å²) in [6.07, 6.45) is 8.56. The lowest BCUT2D eigenvalue weighted by Gasteiger charge is -2.31. The van der Waals surface area contributed by atoms with Crippen LogP contribution in [0.25, 0.3) is 27.8 Å². The molecule has 0 aliphatic heterocycles. The highest BCUT2D eigenvalue weighted by Gasteiger charge is 2.26. The minimum Gasteiger partial charge on any atom is -0.493 e. The van der Waals surface area contributed by atoms with Gasteiger partial charge in [0.05, 0.1) is 18.1 Å². The first-order valence-electron chi connectivity index (χ1n) is 11.9. The monoisotopic (exact) mass is 448 g/mol. The van der Waals surface area contributed by atoms with Crippen molar-refractivity contribution in [2.45, 2.75) is 71.0 Å². The van der Waals surface area contributed by atoms with Gasteiger partial charge in [0.25, 0.3) is 0 Å². The molecule has 174 valence electrons. The molecule has 4 aromatic rings. The lowest BCUT2D eigenvalue weighted by Crippen LogP contribution is -2.38. The molecule has 8 heteroatoms. The van der Waals surface area contributed by atoms with Gasteiger partial charge in [-0.2, -0.15) is 5.10 Å². The minimum absolute atomic E-state index is 0.0196. The molecule has 1 aromatic carbocycles. The van der Waals surface area contributed by atoms with Gasteiger partial charge in [0.15, 0.2) is 11.4 Å². The summed E-state index contributed by atoms with van der Waals surface area (Å²) in [6, 6.07) is 7.53. The molecule has 3 heterocycles. The van der Waals surface area contributed by atoms with Crippen LogP contribution in [-0.4, -0.2) is 43.3 Å². The Labute approximate surface area is 193 Å². The molecule has 0 saturated heterocycles. The van der Waals surface area contributed by atoms with Gasteiger partial charge in [0.1, 0.15) is 6.33 Å². The van der Waals surface area contributed by atoms with Crippen molar-refractivity contribution in [3.63, 3.8) is 0 Å². The second-order valence-electron chi connectivity index (χ2n) is 9.33. The van der Waals surface area contributed by atoms with Crippen LogP contribution >= 0.6 is 0 Å². The lowest BCUT2D eigenvalue weighted by molar-refractivity contribution is 0.281. The first-order valence-corrected chi connectivity index (χ1v) is 11.9. The molecule has 0 atom stereocenters. The second-order valence-corrected chi connectivity index (χ2v) is 9.33. The van der Waals surface area contributed by atoms with Crippen molar-refractivity contribution >= 4 is 16.7 Å². The van der Waals surface area contributed by atoms with E-state index in [0.29, 0.717) is 23.5 Å². The average Bonchev–Trinajstić information content (AvgIpc) is 3.40. The fourth-order valence-electron chi connectivity index (χ4n) is 5.30. The van der Waals surface area contributed by atoms with Crippen molar-refractivity contribution in [1.29, 1.82) is 0 Å². The molecule has 0 amide bonds. The first kappa shape index (κ1) is 21.7. The van der Waals surface area contributed by atoms with Crippen LogP contribution in [0.2, 0.25) is 0 Å². The average molecular weight is 449 g/mol. The van der Waals surface area contributed by atoms with Crippen LogP contribution in [0.3, 0.4) is 0 Å². The molecule has 0 unspecified atom stereocenters. The van der Waals surface area contributed by atoms with E-state index in [2.05, 4.69) is 53.3 Å². The van der Waals surface area contributed by atoms with E-state index < -0.39 is 0 Å². The van der Waals surface area contributed by atoms with Gasteiger partial charge in [-0.15, -0.1) is 0 Å². The van der Waals surface area contributed by atoms with Crippen LogP contribution < -0.4 is 15.7 Å². The number of H-pyrrole nitrogens is 1. The standard InChI is InChI=1S/C25H32N6O2/c1-5-16-10-22-21(12-20(16)17-11-23(33-4)24-26-14-27-30(24)13-17)29-25(32)31(22)19-8-6-18(7-9-19)28-15(2)3/h10-15,18-19,28H,5-9H2,1-4H3,(H,29,32)/t18-,19+. The summed E-state index contributed by atoms with van der Waals surface area (Å²) in [6.45, 7) is 6.53. The van der Waals surface area contributed by atoms with Gasteiger partial charge in [-0.3, -0.25) is 4.57 Å². The highest BCUT2D eigenvalue weighted by molar-refractivity contribution is 5.85. The number of rotatable bonds is 6. The van der Waals surface area contributed by atoms with Gasteiger partial charge in [0, 0.05) is 29.9 Å². The summed E-state index contributed by atoms with van der Waals surface area (Å²) in [4.78, 5) is 20.4. The smallest absolute Gasteiger partial charge is 0.326 e. The zero-order valence-corrected chi connectivity index (χ0v) is 19.8. The van der Waals surface area contributed by atoms with E-state index in [9.17, 15) is 4.79 Å². The number of methoxy groups -OCH3 is 1. The Morgan fingerprint density at radius 3 is 2.70 bits per heavy atom. The third-order valence-corrected chi connectivity index (χ3v) is 6.83. The highest BCUT2D eigenvalue weighted by atomic mass is 16.5. The molecule has 1 saturated carbocycles. The summed E-state index contributed by atoms with van der Waals surface area (Å²) in [5.74, 6) is 0.671. The normalized spacial score (nSPS) is 19.1. The number of hydrogen-bond donors (Lipinski definition) is 2. The number of pyridine rings is 1. The van der Waals surface area contributed by atoms with E-state index in [-0.39, 0.29) is 11.7 Å². The Morgan fingerprint density at radius 1 is 1.21 bits per heavy atom. The molecular formula is C25H32N6O2. The van der Waals surface area contributed by atoms with Crippen LogP contribution in [0.15, 0.2) is 35.5 Å². The van der Waals surface area contributed by atoms with Crippen molar-refractivity contribution in [3.05, 3.63) is 46.8 Å². The zero-order valence-electron chi connectivity index (χ0n) is 19.8. The molecule has 0 bridgehead atoms. The van der Waals surface area contributed by atoms with E-state index in [1.54, 1.807) is 11.6 Å². The van der Waals surface area contributed by atoms with Crippen LogP contribution in [0.4, 0.5) is 0 Å². The van der Waals surface area contributed by atoms with E-state index >= 15 is 0 Å². The lowest BCUT2D eigenvalue weighted by atomic mass is 9.90. The number of aryl methyl sites for hydroxylation is 1. The maximum atomic E-state index is 13.0. The van der Waals surface area contributed by atoms with Crippen molar-refractivity contribution < 1.29 is 4.74 Å². The molecule has 0 spiro atoms. The minimum atomic E-state index is -0.0196. The zero-order chi connectivity index (χ0) is 23.1. The molecule has 1 aliphatic carbocycles. The third-order valence-electron chi connectivity index (χ3n) is 6.83. The number of imidazole rings is 1.